The van der Waals surface area contributed by atoms with E-state index in [2.05, 4.69) is 31.2 Å². The Morgan fingerprint density at radius 1 is 0.920 bits per heavy atom. The molecule has 3 aromatic rings. The minimum absolute atomic E-state index is 0.0259. The lowest BCUT2D eigenvalue weighted by Crippen LogP contribution is -2.06. The minimum atomic E-state index is 0.0259. The lowest BCUT2D eigenvalue weighted by atomic mass is 10.0. The van der Waals surface area contributed by atoms with E-state index in [0.29, 0.717) is 6.42 Å². The van der Waals surface area contributed by atoms with Crippen LogP contribution in [0.2, 0.25) is 0 Å². The second kappa shape index (κ2) is 8.04. The highest BCUT2D eigenvalue weighted by Crippen LogP contribution is 2.40. The topological polar surface area (TPSA) is 43.1 Å². The Morgan fingerprint density at radius 3 is 2.24 bits per heavy atom. The zero-order chi connectivity index (χ0) is 17.6. The van der Waals surface area contributed by atoms with E-state index in [0.717, 1.165) is 21.7 Å². The number of ketones is 1. The number of hydrogen-bond donors (Lipinski definition) is 1. The van der Waals surface area contributed by atoms with Gasteiger partial charge in [-0.3, -0.25) is 4.79 Å². The first-order valence-corrected chi connectivity index (χ1v) is 9.17. The summed E-state index contributed by atoms with van der Waals surface area (Å²) >= 11 is 1.65. The number of carbonyl (C=O) groups is 1. The summed E-state index contributed by atoms with van der Waals surface area (Å²) in [6.07, 6.45) is 0.437. The van der Waals surface area contributed by atoms with Crippen LogP contribution in [0.1, 0.15) is 33.2 Å². The van der Waals surface area contributed by atoms with Crippen molar-refractivity contribution in [1.29, 1.82) is 0 Å². The number of rotatable bonds is 6. The number of carbonyl (C=O) groups excluding carboxylic acids is 1. The Hall–Kier alpha value is -2.52. The maximum absolute atomic E-state index is 12.7. The Morgan fingerprint density at radius 2 is 1.56 bits per heavy atom. The Balaban J connectivity index is 1.87. The number of Topliss-reactive ketones (excluding diaryl/α,β-unsaturated/α-hetero) is 1. The van der Waals surface area contributed by atoms with Gasteiger partial charge in [0.15, 0.2) is 5.78 Å². The molecule has 0 amide bonds. The average Bonchev–Trinajstić information content (AvgIpc) is 2.64. The van der Waals surface area contributed by atoms with Crippen LogP contribution in [0.15, 0.2) is 83.8 Å². The summed E-state index contributed by atoms with van der Waals surface area (Å²) in [6, 6.07) is 25.6. The molecule has 0 bridgehead atoms. The number of aryl methyl sites for hydroxylation is 1. The van der Waals surface area contributed by atoms with Crippen LogP contribution in [0.4, 0.5) is 5.69 Å². The Labute approximate surface area is 153 Å². The molecular formula is C22H21NOS. The largest absolute Gasteiger partial charge is 0.398 e. The zero-order valence-corrected chi connectivity index (χ0v) is 15.0. The molecule has 0 heterocycles. The van der Waals surface area contributed by atoms with Gasteiger partial charge in [-0.2, -0.15) is 0 Å². The van der Waals surface area contributed by atoms with Gasteiger partial charge in [0.25, 0.3) is 0 Å². The number of anilines is 1. The van der Waals surface area contributed by atoms with Crippen molar-refractivity contribution in [3.8, 4) is 0 Å². The number of benzene rings is 3. The summed E-state index contributed by atoms with van der Waals surface area (Å²) in [6.45, 7) is 2.07. The molecule has 0 aliphatic rings. The lowest BCUT2D eigenvalue weighted by molar-refractivity contribution is 0.0982. The van der Waals surface area contributed by atoms with Gasteiger partial charge in [-0.25, -0.2) is 0 Å². The van der Waals surface area contributed by atoms with Crippen molar-refractivity contribution in [3.63, 3.8) is 0 Å². The van der Waals surface area contributed by atoms with Gasteiger partial charge in [0, 0.05) is 27.8 Å². The summed E-state index contributed by atoms with van der Waals surface area (Å²) in [4.78, 5) is 13.7. The first kappa shape index (κ1) is 17.3. The van der Waals surface area contributed by atoms with Crippen LogP contribution in [0.3, 0.4) is 0 Å². The average molecular weight is 347 g/mol. The Kier molecular flexibility index (Phi) is 5.56. The van der Waals surface area contributed by atoms with Gasteiger partial charge in [0.2, 0.25) is 0 Å². The van der Waals surface area contributed by atoms with Gasteiger partial charge in [-0.1, -0.05) is 72.3 Å². The van der Waals surface area contributed by atoms with Crippen LogP contribution in [0.25, 0.3) is 0 Å². The molecular weight excluding hydrogens is 326 g/mol. The quantitative estimate of drug-likeness (QED) is 0.354. The fourth-order valence-electron chi connectivity index (χ4n) is 2.66. The van der Waals surface area contributed by atoms with Gasteiger partial charge in [-0.05, 0) is 24.6 Å². The fourth-order valence-corrected chi connectivity index (χ4v) is 3.86. The van der Waals surface area contributed by atoms with Crippen molar-refractivity contribution in [2.75, 3.05) is 5.73 Å². The number of nitrogens with two attached hydrogens (primary N) is 1. The first-order valence-electron chi connectivity index (χ1n) is 8.29. The predicted octanol–water partition coefficient (Wildman–Crippen LogP) is 5.68. The molecule has 126 valence electrons. The predicted molar refractivity (Wildman–Crippen MR) is 106 cm³/mol. The molecule has 2 N–H and O–H groups in total. The van der Waals surface area contributed by atoms with Crippen LogP contribution in [0.5, 0.6) is 0 Å². The molecule has 0 fully saturated rings. The fraction of sp³-hybridized carbons (Fsp3) is 0.136. The van der Waals surface area contributed by atoms with Gasteiger partial charge in [0.05, 0.1) is 0 Å². The molecule has 2 nitrogen and oxygen atoms in total. The molecule has 0 saturated carbocycles. The van der Waals surface area contributed by atoms with Crippen LogP contribution < -0.4 is 5.73 Å². The van der Waals surface area contributed by atoms with Gasteiger partial charge >= 0.3 is 0 Å². The van der Waals surface area contributed by atoms with E-state index in [4.69, 9.17) is 5.73 Å². The van der Waals surface area contributed by atoms with E-state index >= 15 is 0 Å². The molecule has 0 saturated heterocycles. The number of thioether (sulfide) groups is 1. The maximum Gasteiger partial charge on any atom is 0.164 e. The van der Waals surface area contributed by atoms with Crippen LogP contribution in [-0.4, -0.2) is 5.78 Å². The molecule has 3 aromatic carbocycles. The molecule has 0 aliphatic heterocycles. The zero-order valence-electron chi connectivity index (χ0n) is 14.2. The molecule has 1 atom stereocenters. The summed E-state index contributed by atoms with van der Waals surface area (Å²) in [7, 11) is 0. The molecule has 0 radical (unpaired) electrons. The monoisotopic (exact) mass is 347 g/mol. The van der Waals surface area contributed by atoms with E-state index in [9.17, 15) is 4.79 Å². The first-order chi connectivity index (χ1) is 12.1. The van der Waals surface area contributed by atoms with E-state index in [1.807, 2.05) is 54.6 Å². The SMILES string of the molecule is Cc1ccc([C@H](CC(=O)c2ccccc2)Sc2ccccc2N)cc1. The Bertz CT molecular complexity index is 843. The third kappa shape index (κ3) is 4.52. The molecule has 0 aromatic heterocycles. The molecule has 0 aliphatic carbocycles. The second-order valence-corrected chi connectivity index (χ2v) is 7.29. The highest BCUT2D eigenvalue weighted by molar-refractivity contribution is 7.99. The van der Waals surface area contributed by atoms with Gasteiger partial charge in [0.1, 0.15) is 0 Å². The highest BCUT2D eigenvalue weighted by atomic mass is 32.2. The normalized spacial score (nSPS) is 11.9. The minimum Gasteiger partial charge on any atom is -0.398 e. The molecule has 25 heavy (non-hydrogen) atoms. The molecule has 3 rings (SSSR count). The maximum atomic E-state index is 12.7. The second-order valence-electron chi connectivity index (χ2n) is 6.05. The smallest absolute Gasteiger partial charge is 0.164 e. The highest BCUT2D eigenvalue weighted by Gasteiger charge is 2.19. The summed E-state index contributed by atoms with van der Waals surface area (Å²) in [5, 5.41) is 0.0259. The van der Waals surface area contributed by atoms with Crippen molar-refractivity contribution in [3.05, 3.63) is 95.6 Å². The number of para-hydroxylation sites is 1. The van der Waals surface area contributed by atoms with E-state index in [1.54, 1.807) is 11.8 Å². The van der Waals surface area contributed by atoms with Crippen molar-refractivity contribution < 1.29 is 4.79 Å². The lowest BCUT2D eigenvalue weighted by Gasteiger charge is -2.18. The van der Waals surface area contributed by atoms with Crippen LogP contribution in [0, 0.1) is 6.92 Å². The molecule has 0 unspecified atom stereocenters. The van der Waals surface area contributed by atoms with Gasteiger partial charge in [-0.15, -0.1) is 11.8 Å². The van der Waals surface area contributed by atoms with Crippen molar-refractivity contribution in [2.24, 2.45) is 0 Å². The van der Waals surface area contributed by atoms with Crippen LogP contribution >= 0.6 is 11.8 Å². The summed E-state index contributed by atoms with van der Waals surface area (Å²) in [5.74, 6) is 0.146. The van der Waals surface area contributed by atoms with E-state index in [-0.39, 0.29) is 11.0 Å². The standard InChI is InChI=1S/C22H21NOS/c1-16-11-13-18(14-12-16)22(25-21-10-6-5-9-19(21)23)15-20(24)17-7-3-2-4-8-17/h2-14,22H,15,23H2,1H3/t22-/m0/s1. The molecule has 0 spiro atoms. The third-order valence-corrected chi connectivity index (χ3v) is 5.45. The van der Waals surface area contributed by atoms with Gasteiger partial charge < -0.3 is 5.73 Å². The number of hydrogen-bond acceptors (Lipinski definition) is 3. The van der Waals surface area contributed by atoms with Crippen LogP contribution in [-0.2, 0) is 0 Å². The number of nitrogen functional groups attached to an aromatic ring is 1. The van der Waals surface area contributed by atoms with Crippen molar-refractivity contribution in [1.82, 2.24) is 0 Å². The van der Waals surface area contributed by atoms with E-state index < -0.39 is 0 Å². The summed E-state index contributed by atoms with van der Waals surface area (Å²) < 4.78 is 0. The van der Waals surface area contributed by atoms with Crippen molar-refractivity contribution in [2.45, 2.75) is 23.5 Å². The summed E-state index contributed by atoms with van der Waals surface area (Å²) in [5.41, 5.74) is 9.96. The molecule has 3 heteroatoms. The third-order valence-electron chi connectivity index (χ3n) is 4.10. The van der Waals surface area contributed by atoms with Crippen molar-refractivity contribution >= 4 is 23.2 Å². The van der Waals surface area contributed by atoms with E-state index in [1.165, 1.54) is 5.56 Å².